The Labute approximate surface area is 148 Å². The van der Waals surface area contributed by atoms with Gasteiger partial charge in [-0.2, -0.15) is 0 Å². The van der Waals surface area contributed by atoms with Crippen molar-refractivity contribution in [2.75, 3.05) is 13.1 Å². The Morgan fingerprint density at radius 1 is 1.24 bits per heavy atom. The number of carbonyl (C=O) groups is 1. The highest BCUT2D eigenvalue weighted by Gasteiger charge is 2.18. The SMILES string of the molecule is Cc1nc2ccccc2c(=O)n1CCCC(=O)N1CCC[C@@H](C)CC1. The first-order valence-electron chi connectivity index (χ1n) is 9.30. The van der Waals surface area contributed by atoms with Gasteiger partial charge in [0.2, 0.25) is 5.91 Å². The van der Waals surface area contributed by atoms with Crippen LogP contribution in [0, 0.1) is 12.8 Å². The summed E-state index contributed by atoms with van der Waals surface area (Å²) in [5, 5.41) is 0.640. The van der Waals surface area contributed by atoms with Crippen molar-refractivity contribution >= 4 is 16.8 Å². The number of hydrogen-bond donors (Lipinski definition) is 0. The Kier molecular flexibility index (Phi) is 5.51. The number of hydrogen-bond acceptors (Lipinski definition) is 3. The Hall–Kier alpha value is -2.17. The van der Waals surface area contributed by atoms with Crippen LogP contribution in [-0.4, -0.2) is 33.4 Å². The molecule has 1 atom stereocenters. The number of amides is 1. The zero-order chi connectivity index (χ0) is 17.8. The number of carbonyl (C=O) groups excluding carboxylic acids is 1. The second-order valence-electron chi connectivity index (χ2n) is 7.15. The van der Waals surface area contributed by atoms with Crippen LogP contribution < -0.4 is 5.56 Å². The first kappa shape index (κ1) is 17.6. The van der Waals surface area contributed by atoms with Gasteiger partial charge in [-0.25, -0.2) is 4.98 Å². The molecule has 1 fully saturated rings. The Balaban J connectivity index is 1.63. The first-order chi connectivity index (χ1) is 12.1. The van der Waals surface area contributed by atoms with Crippen molar-refractivity contribution in [1.29, 1.82) is 0 Å². The number of aryl methyl sites for hydroxylation is 1. The van der Waals surface area contributed by atoms with Crippen LogP contribution in [0.2, 0.25) is 0 Å². The van der Waals surface area contributed by atoms with Crippen molar-refractivity contribution in [3.05, 3.63) is 40.4 Å². The average Bonchev–Trinajstić information content (AvgIpc) is 2.82. The maximum atomic E-state index is 12.6. The number of fused-ring (bicyclic) bond motifs is 1. The van der Waals surface area contributed by atoms with Crippen molar-refractivity contribution in [2.45, 2.75) is 52.5 Å². The third-order valence-electron chi connectivity index (χ3n) is 5.19. The van der Waals surface area contributed by atoms with Crippen molar-refractivity contribution in [1.82, 2.24) is 14.5 Å². The fourth-order valence-electron chi connectivity index (χ4n) is 3.60. The standard InChI is InChI=1S/C20H27N3O2/c1-15-7-5-12-22(14-11-15)19(24)10-6-13-23-16(2)21-18-9-4-3-8-17(18)20(23)25/h3-4,8-9,15H,5-7,10-14H2,1-2H3/t15-/m1/s1. The predicted molar refractivity (Wildman–Crippen MR) is 99.6 cm³/mol. The molecule has 0 radical (unpaired) electrons. The minimum Gasteiger partial charge on any atom is -0.343 e. The molecule has 1 aliphatic rings. The van der Waals surface area contributed by atoms with E-state index in [2.05, 4.69) is 11.9 Å². The number of rotatable bonds is 4. The molecular formula is C20H27N3O2. The van der Waals surface area contributed by atoms with Crippen molar-refractivity contribution < 1.29 is 4.79 Å². The lowest BCUT2D eigenvalue weighted by atomic mass is 10.0. The maximum Gasteiger partial charge on any atom is 0.261 e. The monoisotopic (exact) mass is 341 g/mol. The quantitative estimate of drug-likeness (QED) is 0.858. The molecule has 25 heavy (non-hydrogen) atoms. The lowest BCUT2D eigenvalue weighted by Gasteiger charge is -2.20. The molecule has 2 aromatic rings. The normalized spacial score (nSPS) is 18.3. The summed E-state index contributed by atoms with van der Waals surface area (Å²) in [4.78, 5) is 31.6. The van der Waals surface area contributed by atoms with Crippen LogP contribution in [0.25, 0.3) is 10.9 Å². The molecule has 1 saturated heterocycles. The third kappa shape index (κ3) is 4.09. The summed E-state index contributed by atoms with van der Waals surface area (Å²) in [6.07, 6.45) is 4.57. The van der Waals surface area contributed by atoms with E-state index in [1.54, 1.807) is 4.57 Å². The van der Waals surface area contributed by atoms with Crippen LogP contribution in [0.1, 0.15) is 44.9 Å². The van der Waals surface area contributed by atoms with Crippen LogP contribution in [0.3, 0.4) is 0 Å². The number of benzene rings is 1. The molecule has 3 rings (SSSR count). The van der Waals surface area contributed by atoms with E-state index in [0.717, 1.165) is 31.4 Å². The molecule has 2 heterocycles. The van der Waals surface area contributed by atoms with Crippen LogP contribution >= 0.6 is 0 Å². The van der Waals surface area contributed by atoms with Gasteiger partial charge in [-0.3, -0.25) is 14.2 Å². The molecule has 134 valence electrons. The molecule has 0 unspecified atom stereocenters. The summed E-state index contributed by atoms with van der Waals surface area (Å²) in [7, 11) is 0. The fraction of sp³-hybridized carbons (Fsp3) is 0.550. The van der Waals surface area contributed by atoms with Gasteiger partial charge in [0.15, 0.2) is 0 Å². The van der Waals surface area contributed by atoms with E-state index in [1.165, 1.54) is 6.42 Å². The van der Waals surface area contributed by atoms with Crippen LogP contribution in [-0.2, 0) is 11.3 Å². The van der Waals surface area contributed by atoms with E-state index in [9.17, 15) is 9.59 Å². The molecule has 5 heteroatoms. The van der Waals surface area contributed by atoms with Gasteiger partial charge < -0.3 is 4.90 Å². The summed E-state index contributed by atoms with van der Waals surface area (Å²) in [6.45, 7) is 6.40. The van der Waals surface area contributed by atoms with Gasteiger partial charge in [0.05, 0.1) is 10.9 Å². The summed E-state index contributed by atoms with van der Waals surface area (Å²) < 4.78 is 1.69. The minimum absolute atomic E-state index is 0.0147. The van der Waals surface area contributed by atoms with Crippen molar-refractivity contribution in [3.8, 4) is 0 Å². The molecule has 0 aliphatic carbocycles. The predicted octanol–water partition coefficient (Wildman–Crippen LogP) is 3.13. The molecule has 1 aromatic carbocycles. The highest BCUT2D eigenvalue weighted by molar-refractivity contribution is 5.77. The summed E-state index contributed by atoms with van der Waals surface area (Å²) >= 11 is 0. The van der Waals surface area contributed by atoms with Crippen LogP contribution in [0.5, 0.6) is 0 Å². The van der Waals surface area contributed by atoms with Crippen LogP contribution in [0.15, 0.2) is 29.1 Å². The lowest BCUT2D eigenvalue weighted by Crippen LogP contribution is -2.32. The van der Waals surface area contributed by atoms with Gasteiger partial charge >= 0.3 is 0 Å². The molecule has 0 N–H and O–H groups in total. The van der Waals surface area contributed by atoms with Gasteiger partial charge in [-0.15, -0.1) is 0 Å². The third-order valence-corrected chi connectivity index (χ3v) is 5.19. The van der Waals surface area contributed by atoms with E-state index in [-0.39, 0.29) is 11.5 Å². The van der Waals surface area contributed by atoms with E-state index < -0.39 is 0 Å². The summed E-state index contributed by atoms with van der Waals surface area (Å²) in [6, 6.07) is 7.41. The van der Waals surface area contributed by atoms with Crippen molar-refractivity contribution in [2.24, 2.45) is 5.92 Å². The summed E-state index contributed by atoms with van der Waals surface area (Å²) in [5.41, 5.74) is 0.718. The molecular weight excluding hydrogens is 314 g/mol. The van der Waals surface area contributed by atoms with Gasteiger partial charge in [-0.1, -0.05) is 19.1 Å². The Morgan fingerprint density at radius 3 is 2.88 bits per heavy atom. The lowest BCUT2D eigenvalue weighted by molar-refractivity contribution is -0.131. The van der Waals surface area contributed by atoms with Gasteiger partial charge in [0.1, 0.15) is 5.82 Å². The second kappa shape index (κ2) is 7.81. The zero-order valence-electron chi connectivity index (χ0n) is 15.2. The highest BCUT2D eigenvalue weighted by Crippen LogP contribution is 2.17. The number of likely N-dealkylation sites (tertiary alicyclic amines) is 1. The second-order valence-corrected chi connectivity index (χ2v) is 7.15. The first-order valence-corrected chi connectivity index (χ1v) is 9.30. The smallest absolute Gasteiger partial charge is 0.261 e. The number of para-hydroxylation sites is 1. The molecule has 1 aliphatic heterocycles. The Morgan fingerprint density at radius 2 is 2.04 bits per heavy atom. The topological polar surface area (TPSA) is 55.2 Å². The average molecular weight is 341 g/mol. The van der Waals surface area contributed by atoms with E-state index in [1.807, 2.05) is 36.1 Å². The van der Waals surface area contributed by atoms with Gasteiger partial charge in [0, 0.05) is 26.1 Å². The molecule has 0 saturated carbocycles. The van der Waals surface area contributed by atoms with Crippen LogP contribution in [0.4, 0.5) is 0 Å². The Bertz CT molecular complexity index is 812. The van der Waals surface area contributed by atoms with Gasteiger partial charge in [-0.05, 0) is 50.7 Å². The number of aromatic nitrogens is 2. The largest absolute Gasteiger partial charge is 0.343 e. The fourth-order valence-corrected chi connectivity index (χ4v) is 3.60. The minimum atomic E-state index is -0.0147. The zero-order valence-corrected chi connectivity index (χ0v) is 15.2. The van der Waals surface area contributed by atoms with Gasteiger partial charge in [0.25, 0.3) is 5.56 Å². The summed E-state index contributed by atoms with van der Waals surface area (Å²) in [5.74, 6) is 1.64. The van der Waals surface area contributed by atoms with E-state index in [4.69, 9.17) is 0 Å². The maximum absolute atomic E-state index is 12.6. The highest BCUT2D eigenvalue weighted by atomic mass is 16.2. The molecule has 0 spiro atoms. The van der Waals surface area contributed by atoms with Crippen molar-refractivity contribution in [3.63, 3.8) is 0 Å². The molecule has 0 bridgehead atoms. The molecule has 1 amide bonds. The molecule has 1 aromatic heterocycles. The van der Waals surface area contributed by atoms with E-state index in [0.29, 0.717) is 36.5 Å². The number of nitrogens with zero attached hydrogens (tertiary/aromatic N) is 3. The molecule has 5 nitrogen and oxygen atoms in total. The van der Waals surface area contributed by atoms with E-state index >= 15 is 0 Å².